The minimum Gasteiger partial charge on any atom is -0.383 e. The lowest BCUT2D eigenvalue weighted by atomic mass is 10.0. The molecule has 118 valence electrons. The van der Waals surface area contributed by atoms with Crippen LogP contribution in [0.15, 0.2) is 48.0 Å². The highest BCUT2D eigenvalue weighted by Crippen LogP contribution is 2.25. The largest absolute Gasteiger partial charge is 0.383 e. The molecule has 0 unspecified atom stereocenters. The number of carbonyl (C=O) groups excluding carboxylic acids is 1. The standard InChI is InChI=1S/C19H21N3O/c1-13-9-11-22(12-10-13)19(23)16-6-4-15(5-7-16)17-8-3-14(2)21-18(17)20/h3-9H,10-12H2,1-2H3,(H2,20,21). The Morgan fingerprint density at radius 1 is 1.13 bits per heavy atom. The summed E-state index contributed by atoms with van der Waals surface area (Å²) in [5.74, 6) is 0.594. The summed E-state index contributed by atoms with van der Waals surface area (Å²) in [7, 11) is 0. The van der Waals surface area contributed by atoms with Gasteiger partial charge >= 0.3 is 0 Å². The lowest BCUT2D eigenvalue weighted by Crippen LogP contribution is -2.34. The molecule has 1 aliphatic rings. The molecular formula is C19H21N3O. The second kappa shape index (κ2) is 6.24. The van der Waals surface area contributed by atoms with Gasteiger partial charge < -0.3 is 10.6 Å². The number of pyridine rings is 1. The van der Waals surface area contributed by atoms with Crippen LogP contribution < -0.4 is 5.73 Å². The number of rotatable bonds is 2. The van der Waals surface area contributed by atoms with E-state index in [1.807, 2.05) is 48.2 Å². The van der Waals surface area contributed by atoms with Gasteiger partial charge in [0.2, 0.25) is 0 Å². The first-order valence-electron chi connectivity index (χ1n) is 7.83. The van der Waals surface area contributed by atoms with Crippen molar-refractivity contribution < 1.29 is 4.79 Å². The van der Waals surface area contributed by atoms with Crippen molar-refractivity contribution in [3.05, 3.63) is 59.3 Å². The van der Waals surface area contributed by atoms with Crippen LogP contribution in [0.25, 0.3) is 11.1 Å². The third kappa shape index (κ3) is 3.26. The Bertz CT molecular complexity index is 763. The molecule has 0 bridgehead atoms. The van der Waals surface area contributed by atoms with E-state index in [1.54, 1.807) is 0 Å². The summed E-state index contributed by atoms with van der Waals surface area (Å²) in [6.07, 6.45) is 3.07. The zero-order valence-corrected chi connectivity index (χ0v) is 13.5. The molecule has 0 saturated heterocycles. The van der Waals surface area contributed by atoms with Crippen LogP contribution in [-0.2, 0) is 0 Å². The molecule has 4 nitrogen and oxygen atoms in total. The monoisotopic (exact) mass is 307 g/mol. The van der Waals surface area contributed by atoms with Crippen LogP contribution in [0.4, 0.5) is 5.82 Å². The van der Waals surface area contributed by atoms with Crippen LogP contribution in [0, 0.1) is 6.92 Å². The second-order valence-electron chi connectivity index (χ2n) is 6.01. The van der Waals surface area contributed by atoms with Gasteiger partial charge in [-0.05, 0) is 50.1 Å². The van der Waals surface area contributed by atoms with Crippen LogP contribution in [0.5, 0.6) is 0 Å². The number of hydrogen-bond donors (Lipinski definition) is 1. The Kier molecular flexibility index (Phi) is 4.15. The molecule has 2 heterocycles. The summed E-state index contributed by atoms with van der Waals surface area (Å²) in [5.41, 5.74) is 10.8. The molecule has 0 aliphatic carbocycles. The molecule has 0 spiro atoms. The lowest BCUT2D eigenvalue weighted by molar-refractivity contribution is 0.0769. The van der Waals surface area contributed by atoms with E-state index in [1.165, 1.54) is 5.57 Å². The third-order valence-corrected chi connectivity index (χ3v) is 4.23. The molecule has 0 radical (unpaired) electrons. The van der Waals surface area contributed by atoms with Gasteiger partial charge in [0.1, 0.15) is 5.82 Å². The van der Waals surface area contributed by atoms with Crippen molar-refractivity contribution in [2.75, 3.05) is 18.8 Å². The van der Waals surface area contributed by atoms with Crippen LogP contribution in [0.1, 0.15) is 29.4 Å². The van der Waals surface area contributed by atoms with Crippen molar-refractivity contribution in [3.63, 3.8) is 0 Å². The molecule has 1 aliphatic heterocycles. The number of aryl methyl sites for hydroxylation is 1. The molecule has 2 N–H and O–H groups in total. The van der Waals surface area contributed by atoms with Crippen molar-refractivity contribution in [1.29, 1.82) is 0 Å². The van der Waals surface area contributed by atoms with E-state index in [9.17, 15) is 4.79 Å². The molecule has 0 fully saturated rings. The molecule has 0 saturated carbocycles. The lowest BCUT2D eigenvalue weighted by Gasteiger charge is -2.25. The van der Waals surface area contributed by atoms with Gasteiger partial charge in [0.05, 0.1) is 0 Å². The highest BCUT2D eigenvalue weighted by Gasteiger charge is 2.17. The van der Waals surface area contributed by atoms with Gasteiger partial charge in [0.25, 0.3) is 5.91 Å². The Balaban J connectivity index is 1.80. The Morgan fingerprint density at radius 3 is 2.48 bits per heavy atom. The number of hydrogen-bond acceptors (Lipinski definition) is 3. The smallest absolute Gasteiger partial charge is 0.254 e. The van der Waals surface area contributed by atoms with E-state index in [2.05, 4.69) is 18.0 Å². The number of nitrogen functional groups attached to an aromatic ring is 1. The minimum absolute atomic E-state index is 0.0790. The molecule has 2 aromatic rings. The average Bonchev–Trinajstić information content (AvgIpc) is 2.55. The predicted molar refractivity (Wildman–Crippen MR) is 93.1 cm³/mol. The van der Waals surface area contributed by atoms with Crippen LogP contribution >= 0.6 is 0 Å². The molecule has 1 amide bonds. The third-order valence-electron chi connectivity index (χ3n) is 4.23. The maximum atomic E-state index is 12.5. The van der Waals surface area contributed by atoms with Crippen molar-refractivity contribution in [1.82, 2.24) is 9.88 Å². The van der Waals surface area contributed by atoms with Gasteiger partial charge in [-0.1, -0.05) is 23.8 Å². The van der Waals surface area contributed by atoms with E-state index in [0.29, 0.717) is 17.9 Å². The number of amides is 1. The molecule has 1 aromatic carbocycles. The van der Waals surface area contributed by atoms with Crippen LogP contribution in [-0.4, -0.2) is 28.9 Å². The highest BCUT2D eigenvalue weighted by atomic mass is 16.2. The highest BCUT2D eigenvalue weighted by molar-refractivity contribution is 5.95. The number of anilines is 1. The van der Waals surface area contributed by atoms with Gasteiger partial charge in [0, 0.05) is 29.9 Å². The van der Waals surface area contributed by atoms with Crippen molar-refractivity contribution in [3.8, 4) is 11.1 Å². The van der Waals surface area contributed by atoms with E-state index < -0.39 is 0 Å². The van der Waals surface area contributed by atoms with Gasteiger partial charge in [-0.3, -0.25) is 4.79 Å². The van der Waals surface area contributed by atoms with Gasteiger partial charge in [-0.25, -0.2) is 4.98 Å². The first-order valence-corrected chi connectivity index (χ1v) is 7.83. The summed E-state index contributed by atoms with van der Waals surface area (Å²) in [4.78, 5) is 18.7. The average molecular weight is 307 g/mol. The molecule has 4 heteroatoms. The number of carbonyl (C=O) groups is 1. The number of nitrogens with zero attached hydrogens (tertiary/aromatic N) is 2. The second-order valence-corrected chi connectivity index (χ2v) is 6.01. The maximum Gasteiger partial charge on any atom is 0.254 e. The molecule has 23 heavy (non-hydrogen) atoms. The van der Waals surface area contributed by atoms with Gasteiger partial charge in [-0.2, -0.15) is 0 Å². The van der Waals surface area contributed by atoms with Crippen molar-refractivity contribution >= 4 is 11.7 Å². The number of nitrogens with two attached hydrogens (primary N) is 1. The zero-order valence-electron chi connectivity index (χ0n) is 13.5. The van der Waals surface area contributed by atoms with E-state index >= 15 is 0 Å². The quantitative estimate of drug-likeness (QED) is 0.865. The fourth-order valence-electron chi connectivity index (χ4n) is 2.75. The molecule has 0 atom stereocenters. The van der Waals surface area contributed by atoms with E-state index in [0.717, 1.165) is 29.8 Å². The Morgan fingerprint density at radius 2 is 1.87 bits per heavy atom. The SMILES string of the molecule is CC1=CCN(C(=O)c2ccc(-c3ccc(C)nc3N)cc2)CC1. The van der Waals surface area contributed by atoms with Crippen LogP contribution in [0.2, 0.25) is 0 Å². The van der Waals surface area contributed by atoms with Gasteiger partial charge in [0.15, 0.2) is 0 Å². The van der Waals surface area contributed by atoms with Crippen molar-refractivity contribution in [2.24, 2.45) is 0 Å². The summed E-state index contributed by atoms with van der Waals surface area (Å²) in [6, 6.07) is 11.5. The Labute approximate surface area is 136 Å². The number of benzene rings is 1. The maximum absolute atomic E-state index is 12.5. The summed E-state index contributed by atoms with van der Waals surface area (Å²) in [6.45, 7) is 5.51. The first kappa shape index (κ1) is 15.3. The predicted octanol–water partition coefficient (Wildman–Crippen LogP) is 3.43. The molecule has 1 aromatic heterocycles. The molecular weight excluding hydrogens is 286 g/mol. The van der Waals surface area contributed by atoms with Gasteiger partial charge in [-0.15, -0.1) is 0 Å². The fraction of sp³-hybridized carbons (Fsp3) is 0.263. The normalized spacial score (nSPS) is 14.5. The Hall–Kier alpha value is -2.62. The first-order chi connectivity index (χ1) is 11.0. The van der Waals surface area contributed by atoms with Crippen LogP contribution in [0.3, 0.4) is 0 Å². The molecule has 3 rings (SSSR count). The van der Waals surface area contributed by atoms with Crippen molar-refractivity contribution in [2.45, 2.75) is 20.3 Å². The summed E-state index contributed by atoms with van der Waals surface area (Å²) in [5, 5.41) is 0. The minimum atomic E-state index is 0.0790. The summed E-state index contributed by atoms with van der Waals surface area (Å²) >= 11 is 0. The number of aromatic nitrogens is 1. The zero-order chi connectivity index (χ0) is 16.4. The van der Waals surface area contributed by atoms with E-state index in [4.69, 9.17) is 5.73 Å². The fourth-order valence-corrected chi connectivity index (χ4v) is 2.75. The van der Waals surface area contributed by atoms with E-state index in [-0.39, 0.29) is 5.91 Å². The topological polar surface area (TPSA) is 59.2 Å². The summed E-state index contributed by atoms with van der Waals surface area (Å²) < 4.78 is 0.